The number of urea groups is 1. The van der Waals surface area contributed by atoms with Crippen molar-refractivity contribution in [1.82, 2.24) is 0 Å². The Bertz CT molecular complexity index is 1020. The summed E-state index contributed by atoms with van der Waals surface area (Å²) < 4.78 is 17.0. The number of halogens is 1. The van der Waals surface area contributed by atoms with Crippen LogP contribution in [0.25, 0.3) is 0 Å². The zero-order valence-electron chi connectivity index (χ0n) is 18.9. The molecule has 9 nitrogen and oxygen atoms in total. The maximum Gasteiger partial charge on any atom is 0.344 e. The lowest BCUT2D eigenvalue weighted by Crippen LogP contribution is -2.28. The Morgan fingerprint density at radius 2 is 1.61 bits per heavy atom. The summed E-state index contributed by atoms with van der Waals surface area (Å²) in [6.07, 6.45) is 0. The van der Waals surface area contributed by atoms with Gasteiger partial charge in [-0.25, -0.2) is 13.9 Å². The molecule has 0 unspecified atom stereocenters. The maximum absolute atomic E-state index is 12.7. The van der Waals surface area contributed by atoms with Gasteiger partial charge >= 0.3 is 12.0 Å². The van der Waals surface area contributed by atoms with Crippen LogP contribution in [0.15, 0.2) is 36.4 Å². The van der Waals surface area contributed by atoms with E-state index in [1.807, 2.05) is 0 Å². The van der Waals surface area contributed by atoms with E-state index >= 15 is 0 Å². The van der Waals surface area contributed by atoms with Crippen molar-refractivity contribution in [3.8, 4) is 11.5 Å². The van der Waals surface area contributed by atoms with Crippen molar-refractivity contribution in [2.24, 2.45) is 0 Å². The van der Waals surface area contributed by atoms with Gasteiger partial charge in [-0.1, -0.05) is 24.4 Å². The highest BCUT2D eigenvalue weighted by molar-refractivity contribution is 7.82. The molecule has 2 aromatic rings. The highest BCUT2D eigenvalue weighted by Gasteiger charge is 2.21. The first kappa shape index (κ1) is 26.1. The van der Waals surface area contributed by atoms with Crippen LogP contribution >= 0.6 is 24.4 Å². The second kappa shape index (κ2) is 11.2. The van der Waals surface area contributed by atoms with E-state index in [2.05, 4.69) is 23.4 Å². The summed E-state index contributed by atoms with van der Waals surface area (Å²) in [5, 5.41) is 5.45. The van der Waals surface area contributed by atoms with Crippen LogP contribution in [0.3, 0.4) is 0 Å². The number of thiol groups is 1. The zero-order chi connectivity index (χ0) is 24.8. The molecule has 0 spiro atoms. The first-order chi connectivity index (χ1) is 15.4. The van der Waals surface area contributed by atoms with Crippen LogP contribution in [-0.2, 0) is 14.3 Å². The van der Waals surface area contributed by atoms with Gasteiger partial charge in [0.25, 0.3) is 0 Å². The van der Waals surface area contributed by atoms with Crippen LogP contribution in [-0.4, -0.2) is 37.2 Å². The van der Waals surface area contributed by atoms with E-state index in [1.54, 1.807) is 45.0 Å². The molecule has 0 aliphatic heterocycles. The number of ether oxygens (including phenoxy) is 3. The number of esters is 1. The Morgan fingerprint density at radius 1 is 1.03 bits per heavy atom. The second-order valence-corrected chi connectivity index (χ2v) is 8.64. The number of carbonyl (C=O) groups excluding carboxylic acids is 3. The van der Waals surface area contributed by atoms with Gasteiger partial charge in [-0.05, 0) is 51.1 Å². The van der Waals surface area contributed by atoms with Crippen LogP contribution in [0.4, 0.5) is 21.9 Å². The van der Waals surface area contributed by atoms with E-state index in [9.17, 15) is 14.4 Å². The normalized spacial score (nSPS) is 10.8. The molecule has 3 amide bonds. The molecular weight excluding hydrogens is 470 g/mol. The molecule has 11 heteroatoms. The monoisotopic (exact) mass is 495 g/mol. The Hall–Kier alpha value is -3.11. The van der Waals surface area contributed by atoms with Crippen molar-refractivity contribution in [1.29, 1.82) is 0 Å². The van der Waals surface area contributed by atoms with Crippen molar-refractivity contribution in [3.05, 3.63) is 41.4 Å². The molecule has 178 valence electrons. The molecule has 33 heavy (non-hydrogen) atoms. The van der Waals surface area contributed by atoms with Crippen molar-refractivity contribution in [2.45, 2.75) is 33.3 Å². The number of methoxy groups -OCH3 is 1. The third-order valence-electron chi connectivity index (χ3n) is 3.88. The molecule has 0 radical (unpaired) electrons. The molecule has 2 N–H and O–H groups in total. The fourth-order valence-corrected chi connectivity index (χ4v) is 3.02. The first-order valence-corrected chi connectivity index (χ1v) is 10.6. The topological polar surface area (TPSA) is 106 Å². The van der Waals surface area contributed by atoms with Crippen LogP contribution in [0.5, 0.6) is 11.5 Å². The summed E-state index contributed by atoms with van der Waals surface area (Å²) in [7, 11) is 1.41. The third-order valence-corrected chi connectivity index (χ3v) is 4.57. The lowest BCUT2D eigenvalue weighted by Gasteiger charge is -2.21. The zero-order valence-corrected chi connectivity index (χ0v) is 20.5. The molecule has 0 bridgehead atoms. The van der Waals surface area contributed by atoms with Crippen LogP contribution in [0.1, 0.15) is 27.7 Å². The number of rotatable bonds is 7. The molecular formula is C22H26ClN3O6S. The summed E-state index contributed by atoms with van der Waals surface area (Å²) >= 11 is 10.5. The SMILES string of the molecule is COc1cc(OCC(=O)OC(C)(C)C)c(Cl)cc1N(S)C(=O)Nc1ccc(NC(C)=O)cc1. The van der Waals surface area contributed by atoms with Gasteiger partial charge in [0.1, 0.15) is 22.8 Å². The Morgan fingerprint density at radius 3 is 2.12 bits per heavy atom. The number of anilines is 3. The summed E-state index contributed by atoms with van der Waals surface area (Å²) in [6, 6.07) is 8.84. The van der Waals surface area contributed by atoms with Gasteiger partial charge in [-0.3, -0.25) is 4.79 Å². The van der Waals surface area contributed by atoms with Gasteiger partial charge in [0.15, 0.2) is 6.61 Å². The molecule has 0 heterocycles. The number of benzene rings is 2. The van der Waals surface area contributed by atoms with Crippen LogP contribution in [0.2, 0.25) is 5.02 Å². The molecule has 0 saturated carbocycles. The van der Waals surface area contributed by atoms with Gasteiger partial charge in [0.05, 0.1) is 12.1 Å². The van der Waals surface area contributed by atoms with E-state index in [0.717, 1.165) is 4.31 Å². The number of carbonyl (C=O) groups is 3. The minimum atomic E-state index is -0.643. The molecule has 2 rings (SSSR count). The third kappa shape index (κ3) is 8.07. The van der Waals surface area contributed by atoms with E-state index in [0.29, 0.717) is 11.4 Å². The van der Waals surface area contributed by atoms with Crippen LogP contribution < -0.4 is 24.4 Å². The number of nitrogens with one attached hydrogen (secondary N) is 2. The summed E-state index contributed by atoms with van der Waals surface area (Å²) in [4.78, 5) is 35.7. The summed E-state index contributed by atoms with van der Waals surface area (Å²) in [5.41, 5.74) is 0.688. The highest BCUT2D eigenvalue weighted by Crippen LogP contribution is 2.39. The van der Waals surface area contributed by atoms with Gasteiger partial charge in [-0.2, -0.15) is 0 Å². The number of nitrogens with zero attached hydrogens (tertiary/aromatic N) is 1. The standard InChI is InChI=1S/C22H26ClN3O6S/c1-13(27)24-14-6-8-15(9-7-14)25-21(29)26(33)17-10-16(23)18(11-19(17)30-5)31-12-20(28)32-22(2,3)4/h6-11,33H,12H2,1-5H3,(H,24,27)(H,25,29). The molecule has 0 atom stereocenters. The lowest BCUT2D eigenvalue weighted by atomic mass is 10.2. The maximum atomic E-state index is 12.7. The van der Waals surface area contributed by atoms with E-state index in [-0.39, 0.29) is 34.7 Å². The van der Waals surface area contributed by atoms with Crippen molar-refractivity contribution >= 4 is 59.4 Å². The summed E-state index contributed by atoms with van der Waals surface area (Å²) in [6.45, 7) is 6.30. The smallest absolute Gasteiger partial charge is 0.344 e. The van der Waals surface area contributed by atoms with E-state index in [1.165, 1.54) is 26.2 Å². The molecule has 2 aromatic carbocycles. The minimum Gasteiger partial charge on any atom is -0.494 e. The van der Waals surface area contributed by atoms with Gasteiger partial charge in [0.2, 0.25) is 5.91 Å². The molecule has 0 aromatic heterocycles. The predicted molar refractivity (Wildman–Crippen MR) is 131 cm³/mol. The number of hydrogen-bond donors (Lipinski definition) is 3. The average Bonchev–Trinajstić information content (AvgIpc) is 2.71. The Kier molecular flexibility index (Phi) is 8.84. The van der Waals surface area contributed by atoms with E-state index < -0.39 is 17.6 Å². The van der Waals surface area contributed by atoms with Gasteiger partial charge in [-0.15, -0.1) is 0 Å². The number of hydrogen-bond acceptors (Lipinski definition) is 7. The largest absolute Gasteiger partial charge is 0.494 e. The second-order valence-electron chi connectivity index (χ2n) is 7.83. The van der Waals surface area contributed by atoms with Gasteiger partial charge < -0.3 is 24.8 Å². The predicted octanol–water partition coefficient (Wildman–Crippen LogP) is 4.91. The molecule has 0 aliphatic carbocycles. The Balaban J connectivity index is 2.11. The van der Waals surface area contributed by atoms with Crippen molar-refractivity contribution in [2.75, 3.05) is 28.7 Å². The average molecular weight is 496 g/mol. The number of amides is 3. The molecule has 0 aliphatic rings. The van der Waals surface area contributed by atoms with Gasteiger partial charge in [0, 0.05) is 24.4 Å². The molecule has 0 saturated heterocycles. The fourth-order valence-electron chi connectivity index (χ4n) is 2.60. The Labute approximate surface area is 202 Å². The fraction of sp³-hybridized carbons (Fsp3) is 0.318. The van der Waals surface area contributed by atoms with E-state index in [4.69, 9.17) is 25.8 Å². The quantitative estimate of drug-likeness (QED) is 0.372. The van der Waals surface area contributed by atoms with Crippen molar-refractivity contribution in [3.63, 3.8) is 0 Å². The minimum absolute atomic E-state index is 0.140. The van der Waals surface area contributed by atoms with Crippen molar-refractivity contribution < 1.29 is 28.6 Å². The highest BCUT2D eigenvalue weighted by atomic mass is 35.5. The summed E-state index contributed by atoms with van der Waals surface area (Å²) in [5.74, 6) is -0.333. The lowest BCUT2D eigenvalue weighted by molar-refractivity contribution is -0.157. The molecule has 0 fully saturated rings. The van der Waals surface area contributed by atoms with Crippen LogP contribution in [0, 0.1) is 0 Å². The first-order valence-electron chi connectivity index (χ1n) is 9.79.